The molecule has 1 aliphatic rings. The van der Waals surface area contributed by atoms with Crippen LogP contribution < -0.4 is 5.32 Å². The molecule has 1 aromatic carbocycles. The smallest absolute Gasteiger partial charge is 0.251 e. The van der Waals surface area contributed by atoms with Crippen LogP contribution in [0.1, 0.15) is 23.2 Å². The molecule has 17 heavy (non-hydrogen) atoms. The monoisotopic (exact) mass is 317 g/mol. The third kappa shape index (κ3) is 3.01. The van der Waals surface area contributed by atoms with E-state index in [0.29, 0.717) is 16.6 Å². The summed E-state index contributed by atoms with van der Waals surface area (Å²) in [5, 5.41) is 2.86. The van der Waals surface area contributed by atoms with Gasteiger partial charge in [-0.05, 0) is 53.2 Å². The van der Waals surface area contributed by atoms with Crippen LogP contribution in [-0.4, -0.2) is 23.5 Å². The summed E-state index contributed by atoms with van der Waals surface area (Å²) in [5.74, 6) is -0.625. The first-order valence-corrected chi connectivity index (χ1v) is 7.36. The molecule has 1 saturated carbocycles. The first-order valence-electron chi connectivity index (χ1n) is 5.35. The van der Waals surface area contributed by atoms with Crippen molar-refractivity contribution in [1.82, 2.24) is 5.32 Å². The van der Waals surface area contributed by atoms with Crippen molar-refractivity contribution in [2.75, 3.05) is 12.8 Å². The molecule has 1 fully saturated rings. The van der Waals surface area contributed by atoms with Crippen molar-refractivity contribution >= 4 is 33.6 Å². The number of carbonyl (C=O) groups excluding carboxylic acids is 1. The summed E-state index contributed by atoms with van der Waals surface area (Å²) in [5.41, 5.74) is 0.364. The predicted octanol–water partition coefficient (Wildman–Crippen LogP) is 3.21. The molecule has 5 heteroatoms. The summed E-state index contributed by atoms with van der Waals surface area (Å²) in [4.78, 5) is 11.8. The third-order valence-electron chi connectivity index (χ3n) is 2.99. The fourth-order valence-corrected chi connectivity index (χ4v) is 2.55. The van der Waals surface area contributed by atoms with E-state index in [9.17, 15) is 9.18 Å². The Kier molecular flexibility index (Phi) is 3.78. The molecule has 0 spiro atoms. The average molecular weight is 318 g/mol. The largest absolute Gasteiger partial charge is 0.351 e. The van der Waals surface area contributed by atoms with Crippen molar-refractivity contribution in [2.45, 2.75) is 17.6 Å². The van der Waals surface area contributed by atoms with Gasteiger partial charge in [0.25, 0.3) is 5.91 Å². The first kappa shape index (κ1) is 12.9. The molecule has 0 saturated heterocycles. The van der Waals surface area contributed by atoms with E-state index in [0.717, 1.165) is 12.8 Å². The highest BCUT2D eigenvalue weighted by Gasteiger charge is 2.41. The molecule has 2 nitrogen and oxygen atoms in total. The summed E-state index contributed by atoms with van der Waals surface area (Å²) in [6, 6.07) is 4.41. The van der Waals surface area contributed by atoms with Crippen molar-refractivity contribution in [2.24, 2.45) is 0 Å². The lowest BCUT2D eigenvalue weighted by molar-refractivity contribution is 0.0952. The second-order valence-electron chi connectivity index (χ2n) is 4.20. The number of rotatable bonds is 4. The number of halogens is 2. The van der Waals surface area contributed by atoms with Crippen molar-refractivity contribution < 1.29 is 9.18 Å². The zero-order chi connectivity index (χ0) is 12.5. The molecule has 1 aliphatic carbocycles. The van der Waals surface area contributed by atoms with Crippen molar-refractivity contribution in [1.29, 1.82) is 0 Å². The van der Waals surface area contributed by atoms with Gasteiger partial charge in [0.1, 0.15) is 5.82 Å². The number of amides is 1. The van der Waals surface area contributed by atoms with Crippen LogP contribution in [0.4, 0.5) is 4.39 Å². The maximum atomic E-state index is 13.3. The molecule has 1 amide bonds. The molecule has 0 aliphatic heterocycles. The van der Waals surface area contributed by atoms with Gasteiger partial charge in [0, 0.05) is 16.9 Å². The van der Waals surface area contributed by atoms with Crippen LogP contribution in [0.25, 0.3) is 0 Å². The lowest BCUT2D eigenvalue weighted by Crippen LogP contribution is -2.31. The van der Waals surface area contributed by atoms with E-state index >= 15 is 0 Å². The minimum atomic E-state index is -0.413. The van der Waals surface area contributed by atoms with Crippen molar-refractivity contribution in [3.05, 3.63) is 34.1 Å². The molecule has 0 unspecified atom stereocenters. The molecule has 0 heterocycles. The van der Waals surface area contributed by atoms with Crippen LogP contribution in [0.5, 0.6) is 0 Å². The molecule has 1 aromatic rings. The molecule has 0 radical (unpaired) electrons. The summed E-state index contributed by atoms with van der Waals surface area (Å²) >= 11 is 4.85. The molecular formula is C12H13BrFNOS. The molecule has 0 atom stereocenters. The average Bonchev–Trinajstić information content (AvgIpc) is 3.10. The minimum absolute atomic E-state index is 0.211. The highest BCUT2D eigenvalue weighted by molar-refractivity contribution is 9.10. The van der Waals surface area contributed by atoms with Crippen LogP contribution in [0.15, 0.2) is 22.7 Å². The SMILES string of the molecule is CSC1(CNC(=O)c2ccc(Br)c(F)c2)CC1. The van der Waals surface area contributed by atoms with Gasteiger partial charge in [0.15, 0.2) is 0 Å². The Morgan fingerprint density at radius 1 is 1.59 bits per heavy atom. The Hall–Kier alpha value is -0.550. The van der Waals surface area contributed by atoms with Gasteiger partial charge in [-0.1, -0.05) is 0 Å². The van der Waals surface area contributed by atoms with Crippen LogP contribution in [0.3, 0.4) is 0 Å². The van der Waals surface area contributed by atoms with E-state index in [1.807, 2.05) is 0 Å². The van der Waals surface area contributed by atoms with Gasteiger partial charge in [-0.15, -0.1) is 0 Å². The fraction of sp³-hybridized carbons (Fsp3) is 0.417. The Labute approximate surface area is 112 Å². The normalized spacial score (nSPS) is 16.6. The van der Waals surface area contributed by atoms with Crippen LogP contribution in [0, 0.1) is 5.82 Å². The number of thioether (sulfide) groups is 1. The molecular weight excluding hydrogens is 305 g/mol. The highest BCUT2D eigenvalue weighted by atomic mass is 79.9. The summed E-state index contributed by atoms with van der Waals surface area (Å²) in [6.45, 7) is 0.657. The van der Waals surface area contributed by atoms with E-state index in [2.05, 4.69) is 27.5 Å². The second-order valence-corrected chi connectivity index (χ2v) is 6.33. The van der Waals surface area contributed by atoms with Gasteiger partial charge in [-0.3, -0.25) is 4.79 Å². The second kappa shape index (κ2) is 4.98. The predicted molar refractivity (Wildman–Crippen MR) is 71.9 cm³/mol. The van der Waals surface area contributed by atoms with Gasteiger partial charge in [0.2, 0.25) is 0 Å². The Morgan fingerprint density at radius 2 is 2.29 bits per heavy atom. The third-order valence-corrected chi connectivity index (χ3v) is 5.06. The zero-order valence-electron chi connectivity index (χ0n) is 9.43. The standard InChI is InChI=1S/C12H13BrFNOS/c1-17-12(4-5-12)7-15-11(16)8-2-3-9(13)10(14)6-8/h2-3,6H,4-5,7H2,1H3,(H,15,16). The van der Waals surface area contributed by atoms with Crippen LogP contribution >= 0.6 is 27.7 Å². The number of benzene rings is 1. The molecule has 2 rings (SSSR count). The van der Waals surface area contributed by atoms with E-state index in [1.165, 1.54) is 6.07 Å². The Morgan fingerprint density at radius 3 is 2.82 bits per heavy atom. The lowest BCUT2D eigenvalue weighted by Gasteiger charge is -2.13. The first-order chi connectivity index (χ1) is 8.06. The quantitative estimate of drug-likeness (QED) is 0.923. The zero-order valence-corrected chi connectivity index (χ0v) is 11.8. The fourth-order valence-electron chi connectivity index (χ4n) is 1.57. The summed E-state index contributed by atoms with van der Waals surface area (Å²) in [6.07, 6.45) is 4.34. The van der Waals surface area contributed by atoms with Gasteiger partial charge < -0.3 is 5.32 Å². The minimum Gasteiger partial charge on any atom is -0.351 e. The van der Waals surface area contributed by atoms with Crippen molar-refractivity contribution in [3.8, 4) is 0 Å². The Bertz CT molecular complexity index is 448. The summed E-state index contributed by atoms with van der Waals surface area (Å²) < 4.78 is 13.9. The van der Waals surface area contributed by atoms with Gasteiger partial charge in [-0.25, -0.2) is 4.39 Å². The van der Waals surface area contributed by atoms with E-state index in [4.69, 9.17) is 0 Å². The molecule has 0 aromatic heterocycles. The number of hydrogen-bond donors (Lipinski definition) is 1. The number of nitrogens with one attached hydrogen (secondary N) is 1. The van der Waals surface area contributed by atoms with Gasteiger partial charge in [0.05, 0.1) is 4.47 Å². The summed E-state index contributed by atoms with van der Waals surface area (Å²) in [7, 11) is 0. The molecule has 1 N–H and O–H groups in total. The maximum Gasteiger partial charge on any atom is 0.251 e. The molecule has 92 valence electrons. The van der Waals surface area contributed by atoms with E-state index in [-0.39, 0.29) is 10.7 Å². The lowest BCUT2D eigenvalue weighted by atomic mass is 10.2. The van der Waals surface area contributed by atoms with Crippen molar-refractivity contribution in [3.63, 3.8) is 0 Å². The molecule has 0 bridgehead atoms. The topological polar surface area (TPSA) is 29.1 Å². The highest BCUT2D eigenvalue weighted by Crippen LogP contribution is 2.46. The van der Waals surface area contributed by atoms with Gasteiger partial charge >= 0.3 is 0 Å². The Balaban J connectivity index is 1.97. The maximum absolute atomic E-state index is 13.3. The van der Waals surface area contributed by atoms with E-state index < -0.39 is 5.82 Å². The number of carbonyl (C=O) groups is 1. The number of hydrogen-bond acceptors (Lipinski definition) is 2. The van der Waals surface area contributed by atoms with Crippen LogP contribution in [-0.2, 0) is 0 Å². The van der Waals surface area contributed by atoms with Crippen LogP contribution in [0.2, 0.25) is 0 Å². The van der Waals surface area contributed by atoms with E-state index in [1.54, 1.807) is 23.9 Å². The van der Waals surface area contributed by atoms with Gasteiger partial charge in [-0.2, -0.15) is 11.8 Å².